The van der Waals surface area contributed by atoms with Crippen molar-refractivity contribution in [3.8, 4) is 5.75 Å². The quantitative estimate of drug-likeness (QED) is 0.772. The number of aromatic hydroxyl groups is 1. The average Bonchev–Trinajstić information content (AvgIpc) is 2.70. The first-order chi connectivity index (χ1) is 6.79. The number of phenolic OH excluding ortho intramolecular Hbond substituents is 1. The molecule has 0 unspecified atom stereocenters. The molecule has 0 aliphatic carbocycles. The Bertz CT molecular complexity index is 340. The third-order valence-electron chi connectivity index (χ3n) is 2.70. The highest BCUT2D eigenvalue weighted by atomic mass is 16.3. The lowest BCUT2D eigenvalue weighted by Crippen LogP contribution is -2.16. The summed E-state index contributed by atoms with van der Waals surface area (Å²) in [5, 5.41) is 9.65. The number of hydrogen-bond acceptors (Lipinski definition) is 2. The molecule has 0 saturated carbocycles. The molecule has 0 atom stereocenters. The standard InChI is InChI=1S/C12H15NO/c1-10(13-8-4-5-9-13)11-6-2-3-7-12(11)14/h2-3,6-7,14H,1,4-5,8-9H2. The molecule has 1 saturated heterocycles. The lowest BCUT2D eigenvalue weighted by Gasteiger charge is -2.20. The molecule has 1 fully saturated rings. The van der Waals surface area contributed by atoms with E-state index < -0.39 is 0 Å². The summed E-state index contributed by atoms with van der Waals surface area (Å²) in [6.45, 7) is 6.16. The van der Waals surface area contributed by atoms with Gasteiger partial charge in [-0.15, -0.1) is 0 Å². The van der Waals surface area contributed by atoms with Gasteiger partial charge in [0.2, 0.25) is 0 Å². The van der Waals surface area contributed by atoms with Crippen molar-refractivity contribution in [2.75, 3.05) is 13.1 Å². The molecule has 1 aliphatic heterocycles. The number of likely N-dealkylation sites (tertiary alicyclic amines) is 1. The molecule has 0 spiro atoms. The predicted molar refractivity (Wildman–Crippen MR) is 57.9 cm³/mol. The molecule has 1 aromatic rings. The monoisotopic (exact) mass is 189 g/mol. The van der Waals surface area contributed by atoms with Gasteiger partial charge in [-0.1, -0.05) is 18.7 Å². The van der Waals surface area contributed by atoms with E-state index in [1.165, 1.54) is 12.8 Å². The van der Waals surface area contributed by atoms with Crippen LogP contribution in [0.3, 0.4) is 0 Å². The lowest BCUT2D eigenvalue weighted by atomic mass is 10.1. The highest BCUT2D eigenvalue weighted by Crippen LogP contribution is 2.28. The zero-order valence-electron chi connectivity index (χ0n) is 8.24. The fourth-order valence-corrected chi connectivity index (χ4v) is 1.88. The van der Waals surface area contributed by atoms with Crippen molar-refractivity contribution >= 4 is 5.70 Å². The van der Waals surface area contributed by atoms with E-state index in [1.807, 2.05) is 18.2 Å². The topological polar surface area (TPSA) is 23.5 Å². The van der Waals surface area contributed by atoms with E-state index in [-0.39, 0.29) is 0 Å². The van der Waals surface area contributed by atoms with E-state index in [1.54, 1.807) is 6.07 Å². The average molecular weight is 189 g/mol. The summed E-state index contributed by atoms with van der Waals surface area (Å²) in [6, 6.07) is 7.37. The summed E-state index contributed by atoms with van der Waals surface area (Å²) in [4.78, 5) is 2.23. The Hall–Kier alpha value is -1.44. The Balaban J connectivity index is 2.22. The summed E-state index contributed by atoms with van der Waals surface area (Å²) >= 11 is 0. The molecule has 0 bridgehead atoms. The highest BCUT2D eigenvalue weighted by molar-refractivity contribution is 5.67. The fourth-order valence-electron chi connectivity index (χ4n) is 1.88. The fraction of sp³-hybridized carbons (Fsp3) is 0.333. The summed E-state index contributed by atoms with van der Waals surface area (Å²) in [5.74, 6) is 0.324. The van der Waals surface area contributed by atoms with Gasteiger partial charge in [0.1, 0.15) is 5.75 Å². The third-order valence-corrected chi connectivity index (χ3v) is 2.70. The van der Waals surface area contributed by atoms with Crippen molar-refractivity contribution in [2.45, 2.75) is 12.8 Å². The number of benzene rings is 1. The van der Waals surface area contributed by atoms with Crippen molar-refractivity contribution in [1.29, 1.82) is 0 Å². The molecule has 0 radical (unpaired) electrons. The van der Waals surface area contributed by atoms with E-state index in [9.17, 15) is 5.11 Å². The highest BCUT2D eigenvalue weighted by Gasteiger charge is 2.16. The summed E-state index contributed by atoms with van der Waals surface area (Å²) < 4.78 is 0. The molecule has 0 amide bonds. The number of para-hydroxylation sites is 1. The Morgan fingerprint density at radius 1 is 1.21 bits per heavy atom. The molecule has 2 heteroatoms. The van der Waals surface area contributed by atoms with E-state index in [0.717, 1.165) is 24.4 Å². The molecule has 1 aliphatic rings. The Labute approximate surface area is 84.5 Å². The van der Waals surface area contributed by atoms with Crippen molar-refractivity contribution in [3.05, 3.63) is 36.4 Å². The van der Waals surface area contributed by atoms with Crippen LogP contribution in [0.4, 0.5) is 0 Å². The van der Waals surface area contributed by atoms with Crippen LogP contribution in [0.1, 0.15) is 18.4 Å². The normalized spacial score (nSPS) is 15.9. The van der Waals surface area contributed by atoms with Gasteiger partial charge in [0.25, 0.3) is 0 Å². The van der Waals surface area contributed by atoms with E-state index in [0.29, 0.717) is 5.75 Å². The SMILES string of the molecule is C=C(c1ccccc1O)N1CCCC1. The predicted octanol–water partition coefficient (Wildman–Crippen LogP) is 2.46. The number of phenols is 1. The van der Waals surface area contributed by atoms with Crippen LogP contribution in [0.15, 0.2) is 30.8 Å². The first kappa shape index (κ1) is 9.13. The number of nitrogens with zero attached hydrogens (tertiary/aromatic N) is 1. The minimum atomic E-state index is 0.324. The Kier molecular flexibility index (Phi) is 2.44. The van der Waals surface area contributed by atoms with Crippen LogP contribution >= 0.6 is 0 Å². The first-order valence-corrected chi connectivity index (χ1v) is 5.01. The van der Waals surface area contributed by atoms with Crippen LogP contribution in [0.5, 0.6) is 5.75 Å². The lowest BCUT2D eigenvalue weighted by molar-refractivity contribution is 0.460. The van der Waals surface area contributed by atoms with Gasteiger partial charge in [0.15, 0.2) is 0 Å². The van der Waals surface area contributed by atoms with Gasteiger partial charge in [-0.05, 0) is 25.0 Å². The van der Waals surface area contributed by atoms with E-state index in [2.05, 4.69) is 11.5 Å². The van der Waals surface area contributed by atoms with Crippen LogP contribution in [-0.4, -0.2) is 23.1 Å². The van der Waals surface area contributed by atoms with E-state index in [4.69, 9.17) is 0 Å². The molecule has 2 rings (SSSR count). The Morgan fingerprint density at radius 2 is 1.86 bits per heavy atom. The van der Waals surface area contributed by atoms with Crippen molar-refractivity contribution < 1.29 is 5.11 Å². The van der Waals surface area contributed by atoms with Gasteiger partial charge >= 0.3 is 0 Å². The molecule has 1 N–H and O–H groups in total. The van der Waals surface area contributed by atoms with Crippen LogP contribution in [0.2, 0.25) is 0 Å². The molecule has 74 valence electrons. The second-order valence-electron chi connectivity index (χ2n) is 3.66. The van der Waals surface area contributed by atoms with Crippen LogP contribution < -0.4 is 0 Å². The van der Waals surface area contributed by atoms with Crippen LogP contribution in [0.25, 0.3) is 5.70 Å². The number of hydrogen-bond donors (Lipinski definition) is 1. The molecule has 14 heavy (non-hydrogen) atoms. The van der Waals surface area contributed by atoms with Crippen molar-refractivity contribution in [1.82, 2.24) is 4.90 Å². The molecular formula is C12H15NO. The van der Waals surface area contributed by atoms with Gasteiger partial charge in [0.05, 0.1) is 0 Å². The largest absolute Gasteiger partial charge is 0.507 e. The maximum atomic E-state index is 9.65. The van der Waals surface area contributed by atoms with Gasteiger partial charge < -0.3 is 10.0 Å². The summed E-state index contributed by atoms with van der Waals surface area (Å²) in [7, 11) is 0. The zero-order valence-corrected chi connectivity index (χ0v) is 8.24. The van der Waals surface area contributed by atoms with Gasteiger partial charge in [-0.25, -0.2) is 0 Å². The maximum Gasteiger partial charge on any atom is 0.124 e. The Morgan fingerprint density at radius 3 is 2.50 bits per heavy atom. The summed E-state index contributed by atoms with van der Waals surface area (Å²) in [5.41, 5.74) is 1.80. The minimum absolute atomic E-state index is 0.324. The van der Waals surface area contributed by atoms with Crippen LogP contribution in [0, 0.1) is 0 Å². The van der Waals surface area contributed by atoms with Gasteiger partial charge in [-0.3, -0.25) is 0 Å². The zero-order chi connectivity index (χ0) is 9.97. The van der Waals surface area contributed by atoms with Crippen molar-refractivity contribution in [3.63, 3.8) is 0 Å². The molecule has 1 heterocycles. The molecule has 1 aromatic carbocycles. The smallest absolute Gasteiger partial charge is 0.124 e. The van der Waals surface area contributed by atoms with Gasteiger partial charge in [-0.2, -0.15) is 0 Å². The summed E-state index contributed by atoms with van der Waals surface area (Å²) in [6.07, 6.45) is 2.46. The second-order valence-corrected chi connectivity index (χ2v) is 3.66. The number of rotatable bonds is 2. The minimum Gasteiger partial charge on any atom is -0.507 e. The molecule has 2 nitrogen and oxygen atoms in total. The molecule has 0 aromatic heterocycles. The second kappa shape index (κ2) is 3.74. The van der Waals surface area contributed by atoms with Gasteiger partial charge in [0, 0.05) is 24.4 Å². The first-order valence-electron chi connectivity index (χ1n) is 5.01. The van der Waals surface area contributed by atoms with E-state index >= 15 is 0 Å². The third kappa shape index (κ3) is 1.60. The van der Waals surface area contributed by atoms with Crippen LogP contribution in [-0.2, 0) is 0 Å². The molecular weight excluding hydrogens is 174 g/mol. The van der Waals surface area contributed by atoms with Crippen molar-refractivity contribution in [2.24, 2.45) is 0 Å². The maximum absolute atomic E-state index is 9.65.